The van der Waals surface area contributed by atoms with E-state index in [0.29, 0.717) is 17.3 Å². The van der Waals surface area contributed by atoms with Gasteiger partial charge in [-0.1, -0.05) is 13.8 Å². The minimum Gasteiger partial charge on any atom is -0.465 e. The highest BCUT2D eigenvalue weighted by molar-refractivity contribution is 5.96. The monoisotopic (exact) mass is 356 g/mol. The molecule has 1 aromatic carbocycles. The maximum Gasteiger partial charge on any atom is 0.433 e. The van der Waals surface area contributed by atoms with Crippen LogP contribution in [0, 0.1) is 5.82 Å². The fourth-order valence-corrected chi connectivity index (χ4v) is 2.26. The number of anilines is 2. The largest absolute Gasteiger partial charge is 0.465 e. The lowest BCUT2D eigenvalue weighted by atomic mass is 10.0. The van der Waals surface area contributed by atoms with Crippen molar-refractivity contribution in [3.8, 4) is 0 Å². The number of nitrogens with one attached hydrogen (secondary N) is 1. The topological polar surface area (TPSA) is 51.2 Å². The van der Waals surface area contributed by atoms with Crippen LogP contribution in [0.3, 0.4) is 0 Å². The molecule has 0 radical (unpaired) electrons. The van der Waals surface area contributed by atoms with E-state index >= 15 is 0 Å². The van der Waals surface area contributed by atoms with Gasteiger partial charge < -0.3 is 10.1 Å². The van der Waals surface area contributed by atoms with Gasteiger partial charge in [0.25, 0.3) is 0 Å². The summed E-state index contributed by atoms with van der Waals surface area (Å²) in [6, 6.07) is 4.60. The van der Waals surface area contributed by atoms with Crippen molar-refractivity contribution in [2.45, 2.75) is 25.9 Å². The number of methoxy groups -OCH3 is 1. The highest BCUT2D eigenvalue weighted by Gasteiger charge is 2.34. The molecule has 134 valence electrons. The van der Waals surface area contributed by atoms with Crippen molar-refractivity contribution in [3.05, 3.63) is 53.1 Å². The molecule has 0 aliphatic heterocycles. The number of hydrogen-bond acceptors (Lipinski definition) is 4. The van der Waals surface area contributed by atoms with Gasteiger partial charge in [-0.05, 0) is 35.7 Å². The minimum absolute atomic E-state index is 0.0355. The first-order valence-electron chi connectivity index (χ1n) is 7.35. The zero-order valence-electron chi connectivity index (χ0n) is 13.7. The van der Waals surface area contributed by atoms with Gasteiger partial charge in [0.1, 0.15) is 11.5 Å². The third-order valence-corrected chi connectivity index (χ3v) is 3.50. The van der Waals surface area contributed by atoms with Crippen molar-refractivity contribution in [2.24, 2.45) is 0 Å². The molecule has 8 heteroatoms. The van der Waals surface area contributed by atoms with Crippen molar-refractivity contribution < 1.29 is 27.1 Å². The molecule has 25 heavy (non-hydrogen) atoms. The van der Waals surface area contributed by atoms with Gasteiger partial charge in [0.2, 0.25) is 0 Å². The number of hydrogen-bond donors (Lipinski definition) is 1. The van der Waals surface area contributed by atoms with Crippen LogP contribution in [0.1, 0.15) is 41.4 Å². The average molecular weight is 356 g/mol. The summed E-state index contributed by atoms with van der Waals surface area (Å²) in [4.78, 5) is 15.2. The van der Waals surface area contributed by atoms with Crippen LogP contribution < -0.4 is 5.32 Å². The van der Waals surface area contributed by atoms with Gasteiger partial charge in [0.15, 0.2) is 0 Å². The van der Waals surface area contributed by atoms with Gasteiger partial charge in [-0.2, -0.15) is 13.2 Å². The molecule has 2 aromatic rings. The number of rotatable bonds is 4. The number of halogens is 4. The molecule has 4 nitrogen and oxygen atoms in total. The summed E-state index contributed by atoms with van der Waals surface area (Å²) in [5, 5.41) is 2.85. The first-order valence-corrected chi connectivity index (χ1v) is 7.35. The van der Waals surface area contributed by atoms with E-state index < -0.39 is 23.7 Å². The SMILES string of the molecule is COC(=O)c1cc(C(F)(F)F)ncc1Nc1ccc(F)cc1C(C)C. The Hall–Kier alpha value is -2.64. The van der Waals surface area contributed by atoms with E-state index in [2.05, 4.69) is 15.0 Å². The quantitative estimate of drug-likeness (QED) is 0.626. The van der Waals surface area contributed by atoms with Gasteiger partial charge in [0, 0.05) is 5.69 Å². The van der Waals surface area contributed by atoms with E-state index in [1.165, 1.54) is 18.2 Å². The van der Waals surface area contributed by atoms with Crippen molar-refractivity contribution in [1.29, 1.82) is 0 Å². The maximum atomic E-state index is 13.5. The van der Waals surface area contributed by atoms with Crippen LogP contribution in [0.5, 0.6) is 0 Å². The van der Waals surface area contributed by atoms with Crippen molar-refractivity contribution >= 4 is 17.3 Å². The lowest BCUT2D eigenvalue weighted by Crippen LogP contribution is -2.13. The molecule has 0 spiro atoms. The van der Waals surface area contributed by atoms with Gasteiger partial charge in [-0.3, -0.25) is 0 Å². The third kappa shape index (κ3) is 4.26. The minimum atomic E-state index is -4.69. The Morgan fingerprint density at radius 2 is 1.88 bits per heavy atom. The van der Waals surface area contributed by atoms with Crippen LogP contribution >= 0.6 is 0 Å². The fraction of sp³-hybridized carbons (Fsp3) is 0.294. The van der Waals surface area contributed by atoms with E-state index in [1.807, 2.05) is 13.8 Å². The number of nitrogens with zero attached hydrogens (tertiary/aromatic N) is 1. The Bertz CT molecular complexity index is 789. The normalized spacial score (nSPS) is 11.5. The van der Waals surface area contributed by atoms with E-state index in [1.54, 1.807) is 0 Å². The summed E-state index contributed by atoms with van der Waals surface area (Å²) in [7, 11) is 1.07. The van der Waals surface area contributed by atoms with E-state index in [-0.39, 0.29) is 17.2 Å². The van der Waals surface area contributed by atoms with Gasteiger partial charge in [-0.25, -0.2) is 14.2 Å². The predicted molar refractivity (Wildman–Crippen MR) is 84.4 cm³/mol. The van der Waals surface area contributed by atoms with Crippen molar-refractivity contribution in [2.75, 3.05) is 12.4 Å². The summed E-state index contributed by atoms with van der Waals surface area (Å²) in [5.74, 6) is -1.43. The Balaban J connectivity index is 2.51. The van der Waals surface area contributed by atoms with Gasteiger partial charge in [0.05, 0.1) is 24.6 Å². The number of aromatic nitrogens is 1. The molecule has 0 saturated carbocycles. The molecule has 0 saturated heterocycles. The fourth-order valence-electron chi connectivity index (χ4n) is 2.26. The molecule has 1 aromatic heterocycles. The van der Waals surface area contributed by atoms with Gasteiger partial charge in [-0.15, -0.1) is 0 Å². The highest BCUT2D eigenvalue weighted by atomic mass is 19.4. The number of carbonyl (C=O) groups excluding carboxylic acids is 1. The zero-order valence-corrected chi connectivity index (χ0v) is 13.7. The molecule has 2 rings (SSSR count). The highest BCUT2D eigenvalue weighted by Crippen LogP contribution is 2.33. The Labute approximate surface area is 141 Å². The lowest BCUT2D eigenvalue weighted by Gasteiger charge is -2.17. The van der Waals surface area contributed by atoms with Crippen LogP contribution in [0.15, 0.2) is 30.5 Å². The Kier molecular flexibility index (Phi) is 5.30. The molecule has 0 aliphatic rings. The van der Waals surface area contributed by atoms with E-state index in [0.717, 1.165) is 13.3 Å². The zero-order chi connectivity index (χ0) is 18.8. The number of ether oxygens (including phenoxy) is 1. The molecule has 1 heterocycles. The first-order chi connectivity index (χ1) is 11.6. The van der Waals surface area contributed by atoms with E-state index in [9.17, 15) is 22.4 Å². The lowest BCUT2D eigenvalue weighted by molar-refractivity contribution is -0.141. The van der Waals surface area contributed by atoms with Crippen molar-refractivity contribution in [3.63, 3.8) is 0 Å². The van der Waals surface area contributed by atoms with Gasteiger partial charge >= 0.3 is 12.1 Å². The summed E-state index contributed by atoms with van der Waals surface area (Å²) in [6.45, 7) is 3.68. The second kappa shape index (κ2) is 7.08. The predicted octanol–water partition coefficient (Wildman–Crippen LogP) is 4.89. The number of benzene rings is 1. The Morgan fingerprint density at radius 3 is 2.44 bits per heavy atom. The smallest absolute Gasteiger partial charge is 0.433 e. The molecular formula is C17H16F4N2O2. The molecule has 0 amide bonds. The average Bonchev–Trinajstić information content (AvgIpc) is 2.54. The first kappa shape index (κ1) is 18.7. The summed E-state index contributed by atoms with van der Waals surface area (Å²) >= 11 is 0. The number of pyridine rings is 1. The van der Waals surface area contributed by atoms with E-state index in [4.69, 9.17) is 0 Å². The van der Waals surface area contributed by atoms with Crippen LogP contribution in [0.4, 0.5) is 28.9 Å². The second-order valence-corrected chi connectivity index (χ2v) is 5.62. The third-order valence-electron chi connectivity index (χ3n) is 3.50. The van der Waals surface area contributed by atoms with Crippen LogP contribution in [-0.4, -0.2) is 18.1 Å². The second-order valence-electron chi connectivity index (χ2n) is 5.62. The van der Waals surface area contributed by atoms with Crippen LogP contribution in [0.25, 0.3) is 0 Å². The number of alkyl halides is 3. The standard InChI is InChI=1S/C17H16F4N2O2/c1-9(2)11-6-10(18)4-5-13(11)23-14-8-22-15(17(19,20)21)7-12(14)16(24)25-3/h4-9,23H,1-3H3. The van der Waals surface area contributed by atoms with Crippen LogP contribution in [-0.2, 0) is 10.9 Å². The summed E-state index contributed by atoms with van der Waals surface area (Å²) in [5.41, 5.74) is -0.419. The Morgan fingerprint density at radius 1 is 1.20 bits per heavy atom. The maximum absolute atomic E-state index is 13.5. The molecular weight excluding hydrogens is 340 g/mol. The molecule has 0 atom stereocenters. The molecule has 0 fully saturated rings. The molecule has 0 unspecified atom stereocenters. The number of esters is 1. The summed E-state index contributed by atoms with van der Waals surface area (Å²) in [6.07, 6.45) is -3.79. The number of carbonyl (C=O) groups is 1. The van der Waals surface area contributed by atoms with Crippen molar-refractivity contribution in [1.82, 2.24) is 4.98 Å². The molecule has 0 bridgehead atoms. The summed E-state index contributed by atoms with van der Waals surface area (Å²) < 4.78 is 56.5. The van der Waals surface area contributed by atoms with Crippen LogP contribution in [0.2, 0.25) is 0 Å². The molecule has 1 N–H and O–H groups in total. The molecule has 0 aliphatic carbocycles.